The summed E-state index contributed by atoms with van der Waals surface area (Å²) in [6.45, 7) is 1.72. The molecule has 1 aromatic carbocycles. The van der Waals surface area contributed by atoms with Crippen LogP contribution in [0.4, 0.5) is 0 Å². The Balaban J connectivity index is 0.00000117. The van der Waals surface area contributed by atoms with Gasteiger partial charge in [0.05, 0.1) is 34.0 Å². The topological polar surface area (TPSA) is 112 Å². The van der Waals surface area contributed by atoms with E-state index in [4.69, 9.17) is 25.4 Å². The van der Waals surface area contributed by atoms with Crippen LogP contribution in [0, 0.1) is 6.92 Å². The van der Waals surface area contributed by atoms with E-state index in [1.807, 2.05) is 6.07 Å². The van der Waals surface area contributed by atoms with Crippen LogP contribution in [0.5, 0.6) is 0 Å². The molecular weight excluding hydrogens is 420 g/mol. The van der Waals surface area contributed by atoms with Gasteiger partial charge < -0.3 is 14.2 Å². The van der Waals surface area contributed by atoms with Crippen molar-refractivity contribution < 1.29 is 22.2 Å². The SMILES string of the molecule is CO.Cc1noc2c1c(=O)n(C1CCCC(OS(C)(=O)=O)C1)c1cccc(Cl)c21. The molecule has 158 valence electrons. The molecule has 4 rings (SSSR count). The Hall–Kier alpha value is -1.94. The van der Waals surface area contributed by atoms with E-state index in [9.17, 15) is 13.2 Å². The Labute approximate surface area is 173 Å². The van der Waals surface area contributed by atoms with Gasteiger partial charge in [-0.3, -0.25) is 8.98 Å². The molecule has 0 radical (unpaired) electrons. The summed E-state index contributed by atoms with van der Waals surface area (Å²) in [5.41, 5.74) is 1.34. The van der Waals surface area contributed by atoms with E-state index in [1.165, 1.54) is 0 Å². The highest BCUT2D eigenvalue weighted by Gasteiger charge is 2.30. The third-order valence-electron chi connectivity index (χ3n) is 5.05. The Bertz CT molecular complexity index is 1200. The summed E-state index contributed by atoms with van der Waals surface area (Å²) in [4.78, 5) is 13.3. The summed E-state index contributed by atoms with van der Waals surface area (Å²) in [7, 11) is -2.55. The molecule has 1 aliphatic rings. The van der Waals surface area contributed by atoms with Crippen LogP contribution < -0.4 is 5.56 Å². The molecule has 1 saturated carbocycles. The lowest BCUT2D eigenvalue weighted by Crippen LogP contribution is -2.32. The molecule has 2 unspecified atom stereocenters. The Morgan fingerprint density at radius 2 is 2.00 bits per heavy atom. The van der Waals surface area contributed by atoms with Crippen molar-refractivity contribution in [2.24, 2.45) is 0 Å². The van der Waals surface area contributed by atoms with Crippen molar-refractivity contribution in [1.82, 2.24) is 9.72 Å². The minimum Gasteiger partial charge on any atom is -0.400 e. The number of benzene rings is 1. The zero-order valence-corrected chi connectivity index (χ0v) is 18.0. The highest BCUT2D eigenvalue weighted by Crippen LogP contribution is 2.36. The molecule has 8 nitrogen and oxygen atoms in total. The first-order valence-electron chi connectivity index (χ1n) is 9.18. The van der Waals surface area contributed by atoms with Gasteiger partial charge in [0.1, 0.15) is 5.39 Å². The van der Waals surface area contributed by atoms with Crippen LogP contribution in [0.1, 0.15) is 37.4 Å². The fourth-order valence-corrected chi connectivity index (χ4v) is 4.94. The van der Waals surface area contributed by atoms with Gasteiger partial charge in [-0.1, -0.05) is 22.8 Å². The van der Waals surface area contributed by atoms with Crippen LogP contribution in [0.15, 0.2) is 27.5 Å². The van der Waals surface area contributed by atoms with E-state index < -0.39 is 16.2 Å². The van der Waals surface area contributed by atoms with Crippen LogP contribution in [0.2, 0.25) is 5.02 Å². The summed E-state index contributed by atoms with van der Waals surface area (Å²) in [6.07, 6.45) is 3.20. The van der Waals surface area contributed by atoms with Crippen molar-refractivity contribution in [3.05, 3.63) is 39.3 Å². The minimum absolute atomic E-state index is 0.197. The quantitative estimate of drug-likeness (QED) is 0.620. The lowest BCUT2D eigenvalue weighted by Gasteiger charge is -2.30. The highest BCUT2D eigenvalue weighted by molar-refractivity contribution is 7.86. The zero-order valence-electron chi connectivity index (χ0n) is 16.4. The second-order valence-electron chi connectivity index (χ2n) is 7.02. The standard InChI is InChI=1S/C18H19ClN2O5S.CH4O/c1-10-15-17(25-20-10)16-13(19)7-4-8-14(16)21(18(15)22)11-5-3-6-12(9-11)26-27(2,23)24;1-2/h4,7-8,11-12H,3,5-6,9H2,1-2H3;2H,1H3. The van der Waals surface area contributed by atoms with E-state index in [0.717, 1.165) is 26.2 Å². The molecule has 1 fully saturated rings. The number of pyridine rings is 1. The van der Waals surface area contributed by atoms with E-state index in [1.54, 1.807) is 23.6 Å². The molecule has 2 heterocycles. The number of hydrogen-bond donors (Lipinski definition) is 1. The van der Waals surface area contributed by atoms with Crippen LogP contribution in [-0.2, 0) is 14.3 Å². The zero-order chi connectivity index (χ0) is 21.3. The van der Waals surface area contributed by atoms with Gasteiger partial charge in [0.15, 0.2) is 5.58 Å². The number of aromatic nitrogens is 2. The van der Waals surface area contributed by atoms with E-state index in [0.29, 0.717) is 45.4 Å². The first kappa shape index (κ1) is 21.8. The largest absolute Gasteiger partial charge is 0.400 e. The molecule has 2 atom stereocenters. The molecule has 2 aromatic heterocycles. The van der Waals surface area contributed by atoms with Gasteiger partial charge in [0.25, 0.3) is 15.7 Å². The Morgan fingerprint density at radius 1 is 1.28 bits per heavy atom. The molecule has 1 aliphatic carbocycles. The first-order valence-corrected chi connectivity index (χ1v) is 11.4. The van der Waals surface area contributed by atoms with Crippen LogP contribution in [0.25, 0.3) is 21.9 Å². The van der Waals surface area contributed by atoms with Gasteiger partial charge in [-0.25, -0.2) is 0 Å². The van der Waals surface area contributed by atoms with Crippen molar-refractivity contribution in [2.45, 2.75) is 44.8 Å². The molecule has 29 heavy (non-hydrogen) atoms. The third-order valence-corrected chi connectivity index (χ3v) is 5.98. The van der Waals surface area contributed by atoms with Gasteiger partial charge in [0, 0.05) is 13.2 Å². The molecule has 0 aliphatic heterocycles. The minimum atomic E-state index is -3.55. The van der Waals surface area contributed by atoms with Crippen molar-refractivity contribution >= 4 is 43.6 Å². The van der Waals surface area contributed by atoms with E-state index in [-0.39, 0.29) is 11.6 Å². The van der Waals surface area contributed by atoms with Gasteiger partial charge in [0.2, 0.25) is 0 Å². The second-order valence-corrected chi connectivity index (χ2v) is 9.03. The van der Waals surface area contributed by atoms with Crippen molar-refractivity contribution in [2.75, 3.05) is 13.4 Å². The normalized spacial score (nSPS) is 19.9. The summed E-state index contributed by atoms with van der Waals surface area (Å²) in [5.74, 6) is 0. The summed E-state index contributed by atoms with van der Waals surface area (Å²) in [6, 6.07) is 5.15. The lowest BCUT2D eigenvalue weighted by molar-refractivity contribution is 0.134. The molecule has 3 aromatic rings. The molecule has 10 heteroatoms. The molecule has 0 bridgehead atoms. The van der Waals surface area contributed by atoms with Gasteiger partial charge in [-0.15, -0.1) is 0 Å². The number of rotatable bonds is 3. The molecule has 1 N–H and O–H groups in total. The average Bonchev–Trinajstić information content (AvgIpc) is 3.04. The number of aliphatic hydroxyl groups is 1. The predicted octanol–water partition coefficient (Wildman–Crippen LogP) is 3.17. The molecule has 0 amide bonds. The molecular formula is C19H23ClN2O6S. The Kier molecular flexibility index (Phi) is 6.33. The maximum atomic E-state index is 13.3. The highest BCUT2D eigenvalue weighted by atomic mass is 35.5. The smallest absolute Gasteiger partial charge is 0.264 e. The molecule has 0 saturated heterocycles. The lowest BCUT2D eigenvalue weighted by atomic mass is 9.92. The van der Waals surface area contributed by atoms with Gasteiger partial charge in [-0.2, -0.15) is 8.42 Å². The summed E-state index contributed by atoms with van der Waals surface area (Å²) in [5, 5.41) is 12.5. The van der Waals surface area contributed by atoms with Gasteiger partial charge >= 0.3 is 0 Å². The summed E-state index contributed by atoms with van der Waals surface area (Å²) >= 11 is 6.42. The predicted molar refractivity (Wildman–Crippen MR) is 111 cm³/mol. The number of fused-ring (bicyclic) bond motifs is 3. The van der Waals surface area contributed by atoms with Crippen LogP contribution in [0.3, 0.4) is 0 Å². The van der Waals surface area contributed by atoms with Gasteiger partial charge in [-0.05, 0) is 44.7 Å². The molecule has 0 spiro atoms. The fourth-order valence-electron chi connectivity index (χ4n) is 4.01. The number of halogens is 1. The van der Waals surface area contributed by atoms with Crippen LogP contribution in [-0.4, -0.2) is 42.7 Å². The van der Waals surface area contributed by atoms with Crippen molar-refractivity contribution in [1.29, 1.82) is 0 Å². The fraction of sp³-hybridized carbons (Fsp3) is 0.474. The number of aryl methyl sites for hydroxylation is 1. The first-order chi connectivity index (χ1) is 13.8. The second kappa shape index (κ2) is 8.43. The van der Waals surface area contributed by atoms with Crippen LogP contribution >= 0.6 is 11.6 Å². The van der Waals surface area contributed by atoms with E-state index >= 15 is 0 Å². The number of aliphatic hydroxyl groups excluding tert-OH is 1. The maximum Gasteiger partial charge on any atom is 0.264 e. The number of nitrogens with zero attached hydrogens (tertiary/aromatic N) is 2. The van der Waals surface area contributed by atoms with Crippen molar-refractivity contribution in [3.63, 3.8) is 0 Å². The average molecular weight is 443 g/mol. The van der Waals surface area contributed by atoms with Crippen molar-refractivity contribution in [3.8, 4) is 0 Å². The van der Waals surface area contributed by atoms with E-state index in [2.05, 4.69) is 5.16 Å². The maximum absolute atomic E-state index is 13.3. The Morgan fingerprint density at radius 3 is 2.69 bits per heavy atom. The number of hydrogen-bond acceptors (Lipinski definition) is 7. The monoisotopic (exact) mass is 442 g/mol. The summed E-state index contributed by atoms with van der Waals surface area (Å²) < 4.78 is 35.3. The third kappa shape index (κ3) is 4.18.